The molecule has 0 bridgehead atoms. The van der Waals surface area contributed by atoms with Crippen LogP contribution in [0.4, 0.5) is 0 Å². The molecule has 2 aromatic heterocycles. The minimum absolute atomic E-state index is 0.548. The number of para-hydroxylation sites is 1. The Balaban J connectivity index is 2.02. The Hall–Kier alpha value is -2.92. The van der Waals surface area contributed by atoms with Gasteiger partial charge < -0.3 is 4.74 Å². The Kier molecular flexibility index (Phi) is 4.32. The molecule has 5 heteroatoms. The first-order valence-corrected chi connectivity index (χ1v) is 9.54. The summed E-state index contributed by atoms with van der Waals surface area (Å²) in [5.74, 6) is 0.704. The molecule has 0 spiro atoms. The maximum absolute atomic E-state index is 12.1. The summed E-state index contributed by atoms with van der Waals surface area (Å²) in [6.45, 7) is 6.27. The molecule has 0 N–H and O–H groups in total. The van der Waals surface area contributed by atoms with E-state index in [9.17, 15) is 4.79 Å². The number of hydrogen-bond donors (Lipinski definition) is 0. The fourth-order valence-corrected chi connectivity index (χ4v) is 4.40. The monoisotopic (exact) mass is 376 g/mol. The molecule has 136 valence electrons. The largest absolute Gasteiger partial charge is 0.496 e. The number of carbonyl (C=O) groups is 1. The van der Waals surface area contributed by atoms with Gasteiger partial charge in [-0.25, -0.2) is 4.98 Å². The Morgan fingerprint density at radius 2 is 1.85 bits per heavy atom. The van der Waals surface area contributed by atoms with Crippen LogP contribution in [0.25, 0.3) is 27.5 Å². The fraction of sp³-hybridized carbons (Fsp3) is 0.182. The van der Waals surface area contributed by atoms with Gasteiger partial charge >= 0.3 is 0 Å². The normalized spacial score (nSPS) is 11.1. The fourth-order valence-electron chi connectivity index (χ4n) is 3.41. The standard InChI is InChI=1S/C22H20N2O2S/c1-13-9-10-16(11-14(13)2)21-15(3)27-22-23-20(18(12-25)24(21)22)17-7-5-6-8-19(17)26-4/h5-12H,1-4H3. The maximum atomic E-state index is 12.1. The molecule has 0 aliphatic carbocycles. The van der Waals surface area contributed by atoms with E-state index in [-0.39, 0.29) is 0 Å². The van der Waals surface area contributed by atoms with E-state index in [0.29, 0.717) is 17.1 Å². The van der Waals surface area contributed by atoms with Crippen LogP contribution in [-0.2, 0) is 0 Å². The summed E-state index contributed by atoms with van der Waals surface area (Å²) in [7, 11) is 1.63. The number of aromatic nitrogens is 2. The molecule has 27 heavy (non-hydrogen) atoms. The van der Waals surface area contributed by atoms with Crippen molar-refractivity contribution in [2.24, 2.45) is 0 Å². The van der Waals surface area contributed by atoms with Gasteiger partial charge in [-0.05, 0) is 55.7 Å². The molecule has 0 radical (unpaired) electrons. The smallest absolute Gasteiger partial charge is 0.195 e. The van der Waals surface area contributed by atoms with Gasteiger partial charge in [-0.1, -0.05) is 24.3 Å². The highest BCUT2D eigenvalue weighted by Gasteiger charge is 2.22. The quantitative estimate of drug-likeness (QED) is 0.443. The Labute approximate surface area is 162 Å². The molecule has 0 unspecified atom stereocenters. The van der Waals surface area contributed by atoms with Crippen molar-refractivity contribution < 1.29 is 9.53 Å². The van der Waals surface area contributed by atoms with E-state index in [1.807, 2.05) is 28.7 Å². The van der Waals surface area contributed by atoms with Crippen molar-refractivity contribution in [1.29, 1.82) is 0 Å². The van der Waals surface area contributed by atoms with E-state index >= 15 is 0 Å². The van der Waals surface area contributed by atoms with E-state index in [0.717, 1.165) is 32.9 Å². The van der Waals surface area contributed by atoms with Crippen LogP contribution in [0.2, 0.25) is 0 Å². The summed E-state index contributed by atoms with van der Waals surface area (Å²) >= 11 is 1.59. The predicted octanol–water partition coefficient (Wildman–Crippen LogP) is 5.48. The Bertz CT molecular complexity index is 1170. The first kappa shape index (κ1) is 17.5. The van der Waals surface area contributed by atoms with Crippen molar-refractivity contribution in [2.45, 2.75) is 20.8 Å². The molecule has 0 atom stereocenters. The van der Waals surface area contributed by atoms with E-state index < -0.39 is 0 Å². The molecule has 4 aromatic rings. The lowest BCUT2D eigenvalue weighted by atomic mass is 10.0. The summed E-state index contributed by atoms with van der Waals surface area (Å²) in [5.41, 5.74) is 6.61. The van der Waals surface area contributed by atoms with E-state index in [4.69, 9.17) is 9.72 Å². The molecule has 2 heterocycles. The average molecular weight is 376 g/mol. The molecule has 0 saturated carbocycles. The molecular formula is C22H20N2O2S. The first-order valence-electron chi connectivity index (χ1n) is 8.73. The van der Waals surface area contributed by atoms with Gasteiger partial charge in [-0.2, -0.15) is 0 Å². The summed E-state index contributed by atoms with van der Waals surface area (Å²) < 4.78 is 7.45. The van der Waals surface area contributed by atoms with Gasteiger partial charge in [0, 0.05) is 10.4 Å². The van der Waals surface area contributed by atoms with Crippen molar-refractivity contribution in [3.05, 3.63) is 64.2 Å². The lowest BCUT2D eigenvalue weighted by molar-refractivity contribution is 0.111. The second-order valence-electron chi connectivity index (χ2n) is 6.59. The molecule has 2 aromatic carbocycles. The first-order chi connectivity index (χ1) is 13.0. The third-order valence-electron chi connectivity index (χ3n) is 4.94. The van der Waals surface area contributed by atoms with Gasteiger partial charge in [0.05, 0.1) is 12.8 Å². The third kappa shape index (κ3) is 2.75. The summed E-state index contributed by atoms with van der Waals surface area (Å²) in [5, 5.41) is 0. The molecule has 4 rings (SSSR count). The van der Waals surface area contributed by atoms with Gasteiger partial charge in [0.25, 0.3) is 0 Å². The highest BCUT2D eigenvalue weighted by Crippen LogP contribution is 2.38. The van der Waals surface area contributed by atoms with Gasteiger partial charge in [-0.15, -0.1) is 11.3 Å². The number of ether oxygens (including phenoxy) is 1. The van der Waals surface area contributed by atoms with Gasteiger partial charge in [0.15, 0.2) is 11.2 Å². The number of aldehydes is 1. The summed E-state index contributed by atoms with van der Waals surface area (Å²) in [6.07, 6.45) is 0.887. The van der Waals surface area contributed by atoms with Crippen molar-refractivity contribution in [2.75, 3.05) is 7.11 Å². The predicted molar refractivity (Wildman–Crippen MR) is 110 cm³/mol. The zero-order valence-electron chi connectivity index (χ0n) is 15.7. The molecular weight excluding hydrogens is 356 g/mol. The number of carbonyl (C=O) groups excluding carboxylic acids is 1. The molecule has 4 nitrogen and oxygen atoms in total. The zero-order chi connectivity index (χ0) is 19.1. The summed E-state index contributed by atoms with van der Waals surface area (Å²) in [6, 6.07) is 14.0. The molecule has 0 aliphatic heterocycles. The minimum atomic E-state index is 0.548. The van der Waals surface area contributed by atoms with Crippen LogP contribution in [0, 0.1) is 20.8 Å². The van der Waals surface area contributed by atoms with Gasteiger partial charge in [0.2, 0.25) is 0 Å². The Morgan fingerprint density at radius 1 is 1.07 bits per heavy atom. The van der Waals surface area contributed by atoms with Crippen LogP contribution < -0.4 is 4.74 Å². The number of nitrogens with zero attached hydrogens (tertiary/aromatic N) is 2. The number of aryl methyl sites for hydroxylation is 3. The van der Waals surface area contributed by atoms with E-state index in [2.05, 4.69) is 39.0 Å². The zero-order valence-corrected chi connectivity index (χ0v) is 16.6. The number of hydrogen-bond acceptors (Lipinski definition) is 4. The lowest BCUT2D eigenvalue weighted by Gasteiger charge is -2.09. The van der Waals surface area contributed by atoms with E-state index in [1.54, 1.807) is 18.4 Å². The number of imidazole rings is 1. The van der Waals surface area contributed by atoms with Crippen molar-refractivity contribution in [3.8, 4) is 28.3 Å². The topological polar surface area (TPSA) is 43.6 Å². The minimum Gasteiger partial charge on any atom is -0.496 e. The van der Waals surface area contributed by atoms with Crippen LogP contribution in [0.1, 0.15) is 26.5 Å². The van der Waals surface area contributed by atoms with Crippen LogP contribution in [-0.4, -0.2) is 22.8 Å². The van der Waals surface area contributed by atoms with Gasteiger partial charge in [0.1, 0.15) is 17.1 Å². The van der Waals surface area contributed by atoms with Crippen molar-refractivity contribution >= 4 is 22.6 Å². The second-order valence-corrected chi connectivity index (χ2v) is 7.77. The van der Waals surface area contributed by atoms with Crippen LogP contribution in [0.3, 0.4) is 0 Å². The maximum Gasteiger partial charge on any atom is 0.195 e. The lowest BCUT2D eigenvalue weighted by Crippen LogP contribution is -1.97. The highest BCUT2D eigenvalue weighted by atomic mass is 32.1. The van der Waals surface area contributed by atoms with Crippen LogP contribution in [0.5, 0.6) is 5.75 Å². The summed E-state index contributed by atoms with van der Waals surface area (Å²) in [4.78, 5) is 18.8. The Morgan fingerprint density at radius 3 is 2.56 bits per heavy atom. The highest BCUT2D eigenvalue weighted by molar-refractivity contribution is 7.17. The SMILES string of the molecule is COc1ccccc1-c1nc2sc(C)c(-c3ccc(C)c(C)c3)n2c1C=O. The molecule has 0 aliphatic rings. The number of rotatable bonds is 4. The number of methoxy groups -OCH3 is 1. The molecule has 0 fully saturated rings. The number of fused-ring (bicyclic) bond motifs is 1. The van der Waals surface area contributed by atoms with Gasteiger partial charge in [-0.3, -0.25) is 9.20 Å². The third-order valence-corrected chi connectivity index (χ3v) is 5.89. The molecule has 0 saturated heterocycles. The number of benzene rings is 2. The van der Waals surface area contributed by atoms with Crippen molar-refractivity contribution in [3.63, 3.8) is 0 Å². The average Bonchev–Trinajstić information content (AvgIpc) is 3.18. The van der Waals surface area contributed by atoms with E-state index in [1.165, 1.54) is 11.1 Å². The van der Waals surface area contributed by atoms with Crippen LogP contribution >= 0.6 is 11.3 Å². The second kappa shape index (κ2) is 6.67. The number of thiazole rings is 1. The molecule has 0 amide bonds. The van der Waals surface area contributed by atoms with Crippen molar-refractivity contribution in [1.82, 2.24) is 9.38 Å². The van der Waals surface area contributed by atoms with Crippen LogP contribution in [0.15, 0.2) is 42.5 Å².